The van der Waals surface area contributed by atoms with Crippen molar-refractivity contribution >= 4 is 11.6 Å². The zero-order valence-electron chi connectivity index (χ0n) is 15.2. The minimum absolute atomic E-state index is 0.0446. The van der Waals surface area contributed by atoms with Gasteiger partial charge in [0.1, 0.15) is 0 Å². The Balaban J connectivity index is 1.64. The average molecular weight is 410 g/mol. The molecule has 7 nitrogen and oxygen atoms in total. The monoisotopic (exact) mass is 410 g/mol. The molecule has 0 aliphatic heterocycles. The van der Waals surface area contributed by atoms with E-state index in [1.807, 2.05) is 0 Å². The number of hydrogen-bond acceptors (Lipinski definition) is 5. The number of carbonyl (C=O) groups is 1. The van der Waals surface area contributed by atoms with Gasteiger partial charge in [0.15, 0.2) is 11.5 Å². The standard InChI is InChI=1S/C20H13F3N6O/c21-20(22,23)17-9-16(13-3-1-7-24-10-13)28-29(17)18-6-5-15(12-26-18)27-19(30)14-4-2-8-25-11-14/h1-12H,(H,27,30). The Bertz CT molecular complexity index is 1160. The van der Waals surface area contributed by atoms with E-state index >= 15 is 0 Å². The minimum atomic E-state index is -4.64. The van der Waals surface area contributed by atoms with Crippen molar-refractivity contribution in [3.63, 3.8) is 0 Å². The predicted octanol–water partition coefficient (Wildman–Crippen LogP) is 4.00. The summed E-state index contributed by atoms with van der Waals surface area (Å²) in [7, 11) is 0. The molecule has 4 aromatic heterocycles. The van der Waals surface area contributed by atoms with Crippen molar-refractivity contribution in [1.29, 1.82) is 0 Å². The number of amides is 1. The zero-order chi connectivity index (χ0) is 21.1. The number of nitrogens with one attached hydrogen (secondary N) is 1. The predicted molar refractivity (Wildman–Crippen MR) is 102 cm³/mol. The summed E-state index contributed by atoms with van der Waals surface area (Å²) >= 11 is 0. The summed E-state index contributed by atoms with van der Waals surface area (Å²) in [5.74, 6) is -0.455. The first-order chi connectivity index (χ1) is 14.4. The summed E-state index contributed by atoms with van der Waals surface area (Å²) in [4.78, 5) is 24.0. The second-order valence-electron chi connectivity index (χ2n) is 6.17. The first kappa shape index (κ1) is 19.2. The Morgan fingerprint density at radius 3 is 2.33 bits per heavy atom. The topological polar surface area (TPSA) is 85.6 Å². The normalized spacial score (nSPS) is 11.3. The van der Waals surface area contributed by atoms with Gasteiger partial charge in [-0.3, -0.25) is 14.8 Å². The van der Waals surface area contributed by atoms with Crippen LogP contribution in [0.2, 0.25) is 0 Å². The van der Waals surface area contributed by atoms with Gasteiger partial charge < -0.3 is 5.32 Å². The van der Waals surface area contributed by atoms with Gasteiger partial charge >= 0.3 is 6.18 Å². The highest BCUT2D eigenvalue weighted by atomic mass is 19.4. The van der Waals surface area contributed by atoms with Gasteiger partial charge in [0, 0.05) is 30.4 Å². The molecule has 0 spiro atoms. The van der Waals surface area contributed by atoms with Gasteiger partial charge in [-0.25, -0.2) is 9.67 Å². The number of hydrogen-bond donors (Lipinski definition) is 1. The van der Waals surface area contributed by atoms with Crippen LogP contribution in [0.4, 0.5) is 18.9 Å². The van der Waals surface area contributed by atoms with Crippen molar-refractivity contribution in [2.75, 3.05) is 5.32 Å². The first-order valence-corrected chi connectivity index (χ1v) is 8.67. The van der Waals surface area contributed by atoms with Crippen LogP contribution in [-0.4, -0.2) is 30.6 Å². The molecule has 1 amide bonds. The van der Waals surface area contributed by atoms with Crippen LogP contribution < -0.4 is 5.32 Å². The summed E-state index contributed by atoms with van der Waals surface area (Å²) in [5, 5.41) is 6.67. The van der Waals surface area contributed by atoms with E-state index in [1.165, 1.54) is 43.1 Å². The SMILES string of the molecule is O=C(Nc1ccc(-n2nc(-c3cccnc3)cc2C(F)(F)F)nc1)c1cccnc1. The molecule has 0 saturated heterocycles. The van der Waals surface area contributed by atoms with Gasteiger partial charge in [0.05, 0.1) is 23.1 Å². The molecule has 0 aromatic carbocycles. The second-order valence-corrected chi connectivity index (χ2v) is 6.17. The first-order valence-electron chi connectivity index (χ1n) is 8.67. The highest BCUT2D eigenvalue weighted by Gasteiger charge is 2.36. The quantitative estimate of drug-likeness (QED) is 0.550. The lowest BCUT2D eigenvalue weighted by Gasteiger charge is -2.10. The van der Waals surface area contributed by atoms with E-state index in [1.54, 1.807) is 24.3 Å². The molecule has 0 aliphatic rings. The lowest BCUT2D eigenvalue weighted by molar-refractivity contribution is -0.142. The molecule has 150 valence electrons. The van der Waals surface area contributed by atoms with Crippen LogP contribution in [0.15, 0.2) is 73.4 Å². The van der Waals surface area contributed by atoms with E-state index < -0.39 is 17.8 Å². The molecule has 0 unspecified atom stereocenters. The average Bonchev–Trinajstić information content (AvgIpc) is 3.22. The van der Waals surface area contributed by atoms with Crippen molar-refractivity contribution in [2.45, 2.75) is 6.18 Å². The largest absolute Gasteiger partial charge is 0.433 e. The van der Waals surface area contributed by atoms with E-state index in [2.05, 4.69) is 25.4 Å². The fraction of sp³-hybridized carbons (Fsp3) is 0.0500. The highest BCUT2D eigenvalue weighted by Crippen LogP contribution is 2.33. The highest BCUT2D eigenvalue weighted by molar-refractivity contribution is 6.03. The van der Waals surface area contributed by atoms with E-state index in [0.717, 1.165) is 10.7 Å². The molecule has 1 N–H and O–H groups in total. The van der Waals surface area contributed by atoms with Gasteiger partial charge in [-0.15, -0.1) is 0 Å². The number of rotatable bonds is 4. The molecule has 4 heterocycles. The van der Waals surface area contributed by atoms with E-state index in [4.69, 9.17) is 0 Å². The van der Waals surface area contributed by atoms with Gasteiger partial charge in [-0.05, 0) is 42.5 Å². The smallest absolute Gasteiger partial charge is 0.321 e. The van der Waals surface area contributed by atoms with E-state index in [9.17, 15) is 18.0 Å². The van der Waals surface area contributed by atoms with Crippen LogP contribution in [0.1, 0.15) is 16.1 Å². The number of pyridine rings is 3. The van der Waals surface area contributed by atoms with Gasteiger partial charge in [-0.2, -0.15) is 18.3 Å². The fourth-order valence-corrected chi connectivity index (χ4v) is 2.70. The number of aromatic nitrogens is 5. The third-order valence-corrected chi connectivity index (χ3v) is 4.10. The maximum atomic E-state index is 13.5. The van der Waals surface area contributed by atoms with Crippen LogP contribution in [0.25, 0.3) is 17.1 Å². The molecule has 0 saturated carbocycles. The number of carbonyl (C=O) groups excluding carboxylic acids is 1. The van der Waals surface area contributed by atoms with Gasteiger partial charge in [-0.1, -0.05) is 0 Å². The minimum Gasteiger partial charge on any atom is -0.321 e. The maximum Gasteiger partial charge on any atom is 0.433 e. The van der Waals surface area contributed by atoms with E-state index in [-0.39, 0.29) is 11.5 Å². The molecule has 0 aliphatic carbocycles. The Hall–Kier alpha value is -4.08. The van der Waals surface area contributed by atoms with Crippen LogP contribution in [-0.2, 0) is 6.18 Å². The molecule has 10 heteroatoms. The summed E-state index contributed by atoms with van der Waals surface area (Å²) in [6.07, 6.45) is 2.51. The third kappa shape index (κ3) is 4.02. The van der Waals surface area contributed by atoms with Crippen LogP contribution in [0, 0.1) is 0 Å². The van der Waals surface area contributed by atoms with Crippen LogP contribution in [0.3, 0.4) is 0 Å². The second kappa shape index (κ2) is 7.74. The molecule has 0 atom stereocenters. The summed E-state index contributed by atoms with van der Waals surface area (Å²) in [6, 6.07) is 10.2. The number of nitrogens with zero attached hydrogens (tertiary/aromatic N) is 5. The summed E-state index contributed by atoms with van der Waals surface area (Å²) in [6.45, 7) is 0. The van der Waals surface area contributed by atoms with Crippen molar-refractivity contribution in [2.24, 2.45) is 0 Å². The van der Waals surface area contributed by atoms with Crippen molar-refractivity contribution in [3.8, 4) is 17.1 Å². The van der Waals surface area contributed by atoms with Crippen molar-refractivity contribution in [3.05, 3.63) is 84.7 Å². The van der Waals surface area contributed by atoms with Crippen LogP contribution in [0.5, 0.6) is 0 Å². The molecule has 0 radical (unpaired) electrons. The van der Waals surface area contributed by atoms with Gasteiger partial charge in [0.25, 0.3) is 5.91 Å². The molecular weight excluding hydrogens is 397 g/mol. The molecule has 30 heavy (non-hydrogen) atoms. The van der Waals surface area contributed by atoms with Gasteiger partial charge in [0.2, 0.25) is 0 Å². The zero-order valence-corrected chi connectivity index (χ0v) is 15.2. The summed E-state index contributed by atoms with van der Waals surface area (Å²) < 4.78 is 41.3. The molecule has 4 rings (SSSR count). The Kier molecular flexibility index (Phi) is 4.97. The van der Waals surface area contributed by atoms with Crippen LogP contribution >= 0.6 is 0 Å². The molecule has 0 bridgehead atoms. The van der Waals surface area contributed by atoms with Crippen molar-refractivity contribution in [1.82, 2.24) is 24.7 Å². The molecule has 4 aromatic rings. The maximum absolute atomic E-state index is 13.5. The number of alkyl halides is 3. The fourth-order valence-electron chi connectivity index (χ4n) is 2.70. The molecule has 0 fully saturated rings. The summed E-state index contributed by atoms with van der Waals surface area (Å²) in [5.41, 5.74) is 0.254. The lowest BCUT2D eigenvalue weighted by Crippen LogP contribution is -2.15. The van der Waals surface area contributed by atoms with Crippen molar-refractivity contribution < 1.29 is 18.0 Å². The number of halogens is 3. The molecular formula is C20H13F3N6O. The Labute approximate surface area is 168 Å². The van der Waals surface area contributed by atoms with E-state index in [0.29, 0.717) is 16.8 Å². The number of anilines is 1. The third-order valence-electron chi connectivity index (χ3n) is 4.10. The lowest BCUT2D eigenvalue weighted by atomic mass is 10.2. The Morgan fingerprint density at radius 1 is 0.967 bits per heavy atom. The Morgan fingerprint density at radius 2 is 1.73 bits per heavy atom.